The average Bonchev–Trinajstić information content (AvgIpc) is 3.66. The minimum Gasteiger partial charge on any atom is -0.292 e. The van der Waals surface area contributed by atoms with Gasteiger partial charge in [0.2, 0.25) is 0 Å². The van der Waals surface area contributed by atoms with Crippen LogP contribution in [0.3, 0.4) is 0 Å². The van der Waals surface area contributed by atoms with E-state index in [1.165, 1.54) is 83.1 Å². The van der Waals surface area contributed by atoms with Gasteiger partial charge in [0.15, 0.2) is 0 Å². The number of rotatable bonds is 7. The Hall–Kier alpha value is -8.07. The highest BCUT2D eigenvalue weighted by Crippen LogP contribution is 2.47. The third-order valence-corrected chi connectivity index (χ3v) is 13.3. The Bertz CT molecular complexity index is 3430. The molecule has 1 heterocycles. The summed E-state index contributed by atoms with van der Waals surface area (Å²) in [5.41, 5.74) is 21.1. The van der Waals surface area contributed by atoms with Crippen LogP contribution in [0.2, 0.25) is 0 Å². The Morgan fingerprint density at radius 3 is 1.52 bits per heavy atom. The largest absolute Gasteiger partial charge is 0.292 e. The fourth-order valence-electron chi connectivity index (χ4n) is 10.2. The fourth-order valence-corrected chi connectivity index (χ4v) is 10.2. The molecule has 0 spiro atoms. The molecule has 0 radical (unpaired) electrons. The molecule has 1 atom stereocenters. The standard InChI is InChI=1S/C62H44N2/c1-4-14-42(15-5-1)44-24-31-48(32-25-44)60-54-20-10-11-21-55(54)61(49-33-26-45(27-34-49)43-16-6-2-7-17-43)57-41-52-40-51(37-30-47(52)38-39-56(57)60)46-28-35-50(36-29-46)62-63-58-22-12-13-23-59(58)64(62)53-18-8-3-9-19-53/h1-38,40,52H,39,41H2. The van der Waals surface area contributed by atoms with Crippen LogP contribution in [-0.4, -0.2) is 9.55 Å². The molecule has 0 saturated carbocycles. The van der Waals surface area contributed by atoms with Crippen LogP contribution in [0.25, 0.3) is 89.0 Å². The topological polar surface area (TPSA) is 17.8 Å². The predicted molar refractivity (Wildman–Crippen MR) is 268 cm³/mol. The van der Waals surface area contributed by atoms with Gasteiger partial charge in [-0.15, -0.1) is 0 Å². The summed E-state index contributed by atoms with van der Waals surface area (Å²) in [4.78, 5) is 5.14. The summed E-state index contributed by atoms with van der Waals surface area (Å²) in [6, 6.07) is 76.9. The summed E-state index contributed by atoms with van der Waals surface area (Å²) >= 11 is 0. The van der Waals surface area contributed by atoms with Gasteiger partial charge in [-0.05, 0) is 120 Å². The first-order chi connectivity index (χ1) is 31.7. The molecule has 2 nitrogen and oxygen atoms in total. The van der Waals surface area contributed by atoms with Gasteiger partial charge in [-0.3, -0.25) is 4.57 Å². The van der Waals surface area contributed by atoms with E-state index in [4.69, 9.17) is 4.98 Å². The first kappa shape index (κ1) is 37.7. The number of nitrogens with zero attached hydrogens (tertiary/aromatic N) is 2. The van der Waals surface area contributed by atoms with Gasteiger partial charge < -0.3 is 0 Å². The third-order valence-electron chi connectivity index (χ3n) is 13.3. The summed E-state index contributed by atoms with van der Waals surface area (Å²) in [5.74, 6) is 1.17. The molecule has 1 aromatic heterocycles. The van der Waals surface area contributed by atoms with Gasteiger partial charge in [-0.1, -0.05) is 212 Å². The summed E-state index contributed by atoms with van der Waals surface area (Å²) in [6.07, 6.45) is 11.5. The lowest BCUT2D eigenvalue weighted by Crippen LogP contribution is -2.09. The Morgan fingerprint density at radius 1 is 0.406 bits per heavy atom. The predicted octanol–water partition coefficient (Wildman–Crippen LogP) is 15.8. The molecular formula is C62H44N2. The van der Waals surface area contributed by atoms with Crippen LogP contribution < -0.4 is 0 Å². The van der Waals surface area contributed by atoms with E-state index in [0.29, 0.717) is 0 Å². The molecule has 9 aromatic carbocycles. The molecule has 0 N–H and O–H groups in total. The zero-order valence-electron chi connectivity index (χ0n) is 35.4. The average molecular weight is 817 g/mol. The SMILES string of the molecule is C1=CC2=CCc3c(c(-c4ccc(-c5ccccc5)cc4)c4ccccc4c3-c3ccc(-c4ccccc4)cc3)CC2C=C1c1ccc(-c2nc3ccccc3n2-c2ccccc2)cc1. The molecule has 64 heavy (non-hydrogen) atoms. The minimum absolute atomic E-state index is 0.222. The van der Waals surface area contributed by atoms with Gasteiger partial charge in [0, 0.05) is 17.2 Å². The molecule has 0 bridgehead atoms. The Balaban J connectivity index is 0.964. The van der Waals surface area contributed by atoms with E-state index in [0.717, 1.165) is 41.0 Å². The van der Waals surface area contributed by atoms with Crippen molar-refractivity contribution < 1.29 is 0 Å². The van der Waals surface area contributed by atoms with Crippen molar-refractivity contribution in [1.82, 2.24) is 9.55 Å². The molecule has 0 aliphatic heterocycles. The van der Waals surface area contributed by atoms with E-state index < -0.39 is 0 Å². The third kappa shape index (κ3) is 6.72. The minimum atomic E-state index is 0.222. The lowest BCUT2D eigenvalue weighted by molar-refractivity contribution is 0.775. The molecule has 0 saturated heterocycles. The van der Waals surface area contributed by atoms with Crippen LogP contribution in [0.4, 0.5) is 0 Å². The molecule has 2 aliphatic carbocycles. The van der Waals surface area contributed by atoms with Crippen molar-refractivity contribution in [3.8, 4) is 61.6 Å². The second-order valence-electron chi connectivity index (χ2n) is 17.0. The van der Waals surface area contributed by atoms with E-state index in [-0.39, 0.29) is 5.92 Å². The van der Waals surface area contributed by atoms with Crippen molar-refractivity contribution >= 4 is 27.4 Å². The first-order valence-electron chi connectivity index (χ1n) is 22.4. The monoisotopic (exact) mass is 816 g/mol. The van der Waals surface area contributed by atoms with Crippen molar-refractivity contribution in [1.29, 1.82) is 0 Å². The highest BCUT2D eigenvalue weighted by molar-refractivity contribution is 6.08. The van der Waals surface area contributed by atoms with Crippen LogP contribution in [0.5, 0.6) is 0 Å². The van der Waals surface area contributed by atoms with E-state index in [1.54, 1.807) is 0 Å². The normalized spacial score (nSPS) is 14.4. The molecule has 0 amide bonds. The van der Waals surface area contributed by atoms with Gasteiger partial charge >= 0.3 is 0 Å². The highest BCUT2D eigenvalue weighted by atomic mass is 15.1. The quantitative estimate of drug-likeness (QED) is 0.157. The molecule has 0 fully saturated rings. The van der Waals surface area contributed by atoms with E-state index in [1.807, 2.05) is 0 Å². The lowest BCUT2D eigenvalue weighted by atomic mass is 9.79. The highest BCUT2D eigenvalue weighted by Gasteiger charge is 2.28. The number of hydrogen-bond donors (Lipinski definition) is 0. The Morgan fingerprint density at radius 2 is 0.891 bits per heavy atom. The zero-order valence-corrected chi connectivity index (χ0v) is 35.4. The molecule has 12 rings (SSSR count). The summed E-state index contributed by atoms with van der Waals surface area (Å²) in [5, 5.41) is 2.60. The molecular weight excluding hydrogens is 773 g/mol. The summed E-state index contributed by atoms with van der Waals surface area (Å²) in [7, 11) is 0. The van der Waals surface area contributed by atoms with E-state index in [2.05, 4.69) is 241 Å². The number of allylic oxidation sites excluding steroid dienone is 6. The van der Waals surface area contributed by atoms with Crippen molar-refractivity contribution in [2.45, 2.75) is 12.8 Å². The van der Waals surface area contributed by atoms with Crippen LogP contribution >= 0.6 is 0 Å². The first-order valence-corrected chi connectivity index (χ1v) is 22.4. The zero-order chi connectivity index (χ0) is 42.4. The maximum absolute atomic E-state index is 5.14. The van der Waals surface area contributed by atoms with Gasteiger partial charge in [0.1, 0.15) is 5.82 Å². The van der Waals surface area contributed by atoms with E-state index in [9.17, 15) is 0 Å². The van der Waals surface area contributed by atoms with Gasteiger partial charge in [0.05, 0.1) is 11.0 Å². The van der Waals surface area contributed by atoms with Crippen molar-refractivity contribution in [3.05, 3.63) is 259 Å². The second kappa shape index (κ2) is 16.0. The number of fused-ring (bicyclic) bond motifs is 4. The van der Waals surface area contributed by atoms with Gasteiger partial charge in [-0.2, -0.15) is 0 Å². The number of hydrogen-bond acceptors (Lipinski definition) is 1. The van der Waals surface area contributed by atoms with Crippen molar-refractivity contribution in [3.63, 3.8) is 0 Å². The summed E-state index contributed by atoms with van der Waals surface area (Å²) < 4.78 is 2.27. The Kier molecular flexibility index (Phi) is 9.42. The van der Waals surface area contributed by atoms with Crippen LogP contribution in [0, 0.1) is 5.92 Å². The van der Waals surface area contributed by atoms with Crippen LogP contribution in [0.1, 0.15) is 16.7 Å². The van der Waals surface area contributed by atoms with Crippen molar-refractivity contribution in [2.24, 2.45) is 5.92 Å². The number of benzene rings is 9. The molecule has 2 aliphatic rings. The molecule has 2 heteroatoms. The molecule has 10 aromatic rings. The second-order valence-corrected chi connectivity index (χ2v) is 17.0. The summed E-state index contributed by atoms with van der Waals surface area (Å²) in [6.45, 7) is 0. The molecule has 302 valence electrons. The van der Waals surface area contributed by atoms with E-state index >= 15 is 0 Å². The van der Waals surface area contributed by atoms with Crippen LogP contribution in [-0.2, 0) is 12.8 Å². The number of para-hydroxylation sites is 3. The lowest BCUT2D eigenvalue weighted by Gasteiger charge is -2.25. The van der Waals surface area contributed by atoms with Crippen molar-refractivity contribution in [2.75, 3.05) is 0 Å². The Labute approximate surface area is 374 Å². The maximum Gasteiger partial charge on any atom is 0.145 e. The number of imidazole rings is 1. The molecule has 1 unspecified atom stereocenters. The smallest absolute Gasteiger partial charge is 0.145 e. The van der Waals surface area contributed by atoms with Gasteiger partial charge in [0.25, 0.3) is 0 Å². The number of aromatic nitrogens is 2. The van der Waals surface area contributed by atoms with Crippen LogP contribution in [0.15, 0.2) is 242 Å². The fraction of sp³-hybridized carbons (Fsp3) is 0.0484. The maximum atomic E-state index is 5.14. The van der Waals surface area contributed by atoms with Gasteiger partial charge in [-0.25, -0.2) is 4.98 Å².